The standard InChI is InChI=1S/C95H168N4O42/c1-7-9-11-13-15-17-19-21-22-23-24-25-26-27-29-31-33-35-37-39-41-69(115)99-58(59(110)40-38-36-34-32-30-28-20-18-16-14-12-10-8-2)52-130-88-79(122)78(121)81(67(50-104)132-88)134-89-80(123)86(82(68(51-105)133-89)135-87-57(42-53(3)106)73(116)75(118)64(47-101)131-87)141-95(92(128)129)45-62(113)72(98-56(6)109)85(140-95)77(120)66(49-103)137-94(91(126)127)44-61(112)71(97-55(5)108)84(139-94)76(119)65(48-102)136-93(90(124)125)43-60(111)70(96-54(4)107)83(138-93)74(117)63(114)46-100/h57-68,70-89,100-105,110-114,116-123H,7-52H2,1-6H3,(H,96,107)(H,97,108)(H,98,109)(H,99,115)(H,124,125)(H,126,127)(H,128,129)/t57-,58+,59-,60+,61+,62+,63-,64-,65-,66-,67-,68-,70-,71-,72-,73-,74-,75+,76-,77-,78-,79-,80-,81-,82+,83?,84?,85?,86-,87+,88-,89+,93-,94-,95+/m1/s1. The molecular formula is C95H168N4O42. The number of carbonyl (C=O) groups excluding carboxylic acids is 5. The van der Waals surface area contributed by atoms with Crippen molar-refractivity contribution in [2.75, 3.05) is 46.2 Å². The number of aliphatic hydroxyl groups excluding tert-OH is 19. The number of nitrogens with one attached hydrogen (secondary N) is 4. The molecule has 46 heteroatoms. The average molecular weight is 2040 g/mol. The maximum Gasteiger partial charge on any atom is 0.364 e. The van der Waals surface area contributed by atoms with Gasteiger partial charge in [0.25, 0.3) is 17.4 Å². The van der Waals surface area contributed by atoms with Gasteiger partial charge in [0, 0.05) is 58.8 Å². The Balaban J connectivity index is 1.28. The highest BCUT2D eigenvalue weighted by atomic mass is 16.8. The third kappa shape index (κ3) is 37.5. The lowest BCUT2D eigenvalue weighted by molar-refractivity contribution is -0.404. The number of unbranched alkanes of at least 4 members (excludes halogenated alkanes) is 31. The summed E-state index contributed by atoms with van der Waals surface area (Å²) < 4.78 is 72.2. The quantitative estimate of drug-likeness (QED) is 0.0316. The van der Waals surface area contributed by atoms with Crippen molar-refractivity contribution in [3.05, 3.63) is 0 Å². The van der Waals surface area contributed by atoms with Crippen LogP contribution in [0.1, 0.15) is 292 Å². The van der Waals surface area contributed by atoms with E-state index in [-0.39, 0.29) is 12.8 Å². The maximum atomic E-state index is 14.5. The Morgan fingerprint density at radius 1 is 0.376 bits per heavy atom. The molecule has 0 saturated carbocycles. The van der Waals surface area contributed by atoms with Gasteiger partial charge in [-0.2, -0.15) is 0 Å². The minimum Gasteiger partial charge on any atom is -0.477 e. The third-order valence-electron chi connectivity index (χ3n) is 27.4. The number of aliphatic hydroxyl groups is 19. The molecule has 820 valence electrons. The van der Waals surface area contributed by atoms with E-state index >= 15 is 0 Å². The summed E-state index contributed by atoms with van der Waals surface area (Å²) in [6, 6.07) is -7.20. The molecule has 0 aliphatic carbocycles. The summed E-state index contributed by atoms with van der Waals surface area (Å²) in [5, 5.41) is 262. The van der Waals surface area contributed by atoms with E-state index in [1.54, 1.807) is 0 Å². The first-order valence-corrected chi connectivity index (χ1v) is 50.9. The van der Waals surface area contributed by atoms with Gasteiger partial charge in [0.05, 0.1) is 101 Å². The summed E-state index contributed by atoms with van der Waals surface area (Å²) in [4.78, 5) is 107. The number of hydrogen-bond acceptors (Lipinski definition) is 39. The molecular weight excluding hydrogens is 1870 g/mol. The van der Waals surface area contributed by atoms with Crippen LogP contribution in [0.3, 0.4) is 0 Å². The summed E-state index contributed by atoms with van der Waals surface area (Å²) in [7, 11) is 0. The zero-order valence-corrected chi connectivity index (χ0v) is 82.5. The molecule has 3 unspecified atom stereocenters. The molecule has 0 spiro atoms. The van der Waals surface area contributed by atoms with Gasteiger partial charge in [0.15, 0.2) is 18.9 Å². The first-order valence-electron chi connectivity index (χ1n) is 50.9. The van der Waals surface area contributed by atoms with Gasteiger partial charge in [-0.1, -0.05) is 219 Å². The van der Waals surface area contributed by atoms with E-state index in [2.05, 4.69) is 35.1 Å². The Hall–Kier alpha value is -5.28. The second kappa shape index (κ2) is 63.5. The maximum absolute atomic E-state index is 14.5. The summed E-state index contributed by atoms with van der Waals surface area (Å²) in [6.07, 6.45) is -28.8. The Kier molecular flexibility index (Phi) is 56.1. The topological polar surface area (TPSA) is 741 Å². The number of aliphatic carboxylic acids is 3. The Labute approximate surface area is 823 Å². The molecule has 46 nitrogen and oxygen atoms in total. The SMILES string of the molecule is CCCCCCCCCCCCCCCCCCCCCCC(=O)N[C@@H](CO[C@@H]1O[C@H](CO)[C@@H](O[C@@H]2O[C@H](CO)[C@H](O[C@@H]3O[C@H](CO)[C@H](O)[C@H](O)[C@H]3CC(C)=O)[C@H](O[C@]3(C(=O)O)C[C@H](O)[C@@H](NC(C)=O)C([C@H](O)[C@@H](CO)O[C@]4(C(=O)O)C[C@H](O)[C@@H](NC(C)=O)C([C@H](O)[C@@H](CO)O[C@]5(C(=O)O)C[C@H](O)[C@@H](NC(C)=O)C([C@H](O)[C@H](O)CO)O5)O4)O3)[C@H]2O)[C@H](O)[C@H]1O)[C@H](O)CCCCCCCCCCCCCCC. The Morgan fingerprint density at radius 2 is 0.730 bits per heavy atom. The van der Waals surface area contributed by atoms with E-state index in [9.17, 15) is 151 Å². The molecule has 6 aliphatic rings. The minimum absolute atomic E-state index is 0.108. The van der Waals surface area contributed by atoms with E-state index in [0.29, 0.717) is 12.8 Å². The Bertz CT molecular complexity index is 3610. The van der Waals surface area contributed by atoms with E-state index in [1.165, 1.54) is 128 Å². The lowest BCUT2D eigenvalue weighted by atomic mass is 9.86. The number of carbonyl (C=O) groups is 8. The zero-order valence-electron chi connectivity index (χ0n) is 82.5. The fraction of sp³-hybridized carbons (Fsp3) is 0.916. The van der Waals surface area contributed by atoms with Gasteiger partial charge in [0.2, 0.25) is 23.6 Å². The average Bonchev–Trinajstić information content (AvgIpc) is 0.748. The molecule has 4 amide bonds. The van der Waals surface area contributed by atoms with Crippen molar-refractivity contribution in [3.8, 4) is 0 Å². The number of carboxylic acid groups (broad SMARTS) is 3. The second-order valence-corrected chi connectivity index (χ2v) is 38.9. The highest BCUT2D eigenvalue weighted by Crippen LogP contribution is 2.45. The van der Waals surface area contributed by atoms with Crippen molar-refractivity contribution in [1.29, 1.82) is 0 Å². The molecule has 26 N–H and O–H groups in total. The minimum atomic E-state index is -3.70. The van der Waals surface area contributed by atoms with Crippen molar-refractivity contribution in [2.45, 2.75) is 499 Å². The number of ether oxygens (including phenoxy) is 12. The summed E-state index contributed by atoms with van der Waals surface area (Å²) in [5.74, 6) is -23.5. The molecule has 141 heavy (non-hydrogen) atoms. The van der Waals surface area contributed by atoms with Gasteiger partial charge in [-0.15, -0.1) is 0 Å². The third-order valence-corrected chi connectivity index (χ3v) is 27.4. The van der Waals surface area contributed by atoms with Gasteiger partial charge in [-0.05, 0) is 19.8 Å². The number of ketones is 1. The number of carboxylic acids is 3. The number of Topliss-reactive ketones (excluding diaryl/α,β-unsaturated/α-hetero) is 1. The van der Waals surface area contributed by atoms with Crippen LogP contribution in [-0.4, -0.2) is 413 Å². The van der Waals surface area contributed by atoms with Crippen LogP contribution >= 0.6 is 0 Å². The molecule has 6 aliphatic heterocycles. The smallest absolute Gasteiger partial charge is 0.364 e. The lowest BCUT2D eigenvalue weighted by Gasteiger charge is -2.53. The molecule has 0 aromatic carbocycles. The van der Waals surface area contributed by atoms with E-state index in [4.69, 9.17) is 56.8 Å². The highest BCUT2D eigenvalue weighted by molar-refractivity contribution is 5.79. The molecule has 0 radical (unpaired) electrons. The van der Waals surface area contributed by atoms with Crippen LogP contribution in [0.5, 0.6) is 0 Å². The highest BCUT2D eigenvalue weighted by Gasteiger charge is 2.65. The monoisotopic (exact) mass is 2040 g/mol. The molecule has 0 aromatic heterocycles. The number of rotatable bonds is 70. The predicted molar refractivity (Wildman–Crippen MR) is 493 cm³/mol. The van der Waals surface area contributed by atoms with Crippen LogP contribution in [0.15, 0.2) is 0 Å². The van der Waals surface area contributed by atoms with Gasteiger partial charge in [-0.3, -0.25) is 19.2 Å². The van der Waals surface area contributed by atoms with Crippen LogP contribution in [0.4, 0.5) is 0 Å². The fourth-order valence-electron chi connectivity index (χ4n) is 19.4. The second-order valence-electron chi connectivity index (χ2n) is 38.9. The van der Waals surface area contributed by atoms with Gasteiger partial charge < -0.3 is 195 Å². The predicted octanol–water partition coefficient (Wildman–Crippen LogP) is -1.25. The Morgan fingerprint density at radius 3 is 1.11 bits per heavy atom. The summed E-state index contributed by atoms with van der Waals surface area (Å²) in [5.41, 5.74) is 0. The zero-order chi connectivity index (χ0) is 104. The number of amides is 4. The van der Waals surface area contributed by atoms with Crippen molar-refractivity contribution < 1.29 is 208 Å². The van der Waals surface area contributed by atoms with Crippen molar-refractivity contribution in [3.63, 3.8) is 0 Å². The normalized spacial score (nSPS) is 33.2. The first-order chi connectivity index (χ1) is 67.1. The summed E-state index contributed by atoms with van der Waals surface area (Å²) in [6.45, 7) is -0.476. The van der Waals surface area contributed by atoms with Crippen LogP contribution in [0.2, 0.25) is 0 Å². The molecule has 6 fully saturated rings. The van der Waals surface area contributed by atoms with E-state index in [0.717, 1.165) is 98.3 Å². The van der Waals surface area contributed by atoms with Gasteiger partial charge >= 0.3 is 17.9 Å². The van der Waals surface area contributed by atoms with Gasteiger partial charge in [-0.25, -0.2) is 14.4 Å². The molecule has 0 bridgehead atoms. The summed E-state index contributed by atoms with van der Waals surface area (Å²) >= 11 is 0. The van der Waals surface area contributed by atoms with E-state index < -0.39 is 332 Å². The van der Waals surface area contributed by atoms with Crippen LogP contribution in [0, 0.1) is 5.92 Å². The molecule has 6 heterocycles. The lowest BCUT2D eigenvalue weighted by Crippen LogP contribution is -2.72. The van der Waals surface area contributed by atoms with Crippen LogP contribution < -0.4 is 21.3 Å². The molecule has 35 atom stereocenters. The van der Waals surface area contributed by atoms with Crippen molar-refractivity contribution >= 4 is 47.3 Å². The first kappa shape index (κ1) is 124. The van der Waals surface area contributed by atoms with Crippen molar-refractivity contribution in [1.82, 2.24) is 21.3 Å². The molecule has 6 saturated heterocycles. The van der Waals surface area contributed by atoms with Crippen molar-refractivity contribution in [2.24, 2.45) is 5.92 Å². The number of hydrogen-bond donors (Lipinski definition) is 26. The van der Waals surface area contributed by atoms with Gasteiger partial charge in [0.1, 0.15) is 122 Å². The molecule has 6 rings (SSSR count). The van der Waals surface area contributed by atoms with Crippen LogP contribution in [0.25, 0.3) is 0 Å². The van der Waals surface area contributed by atoms with Crippen LogP contribution in [-0.2, 0) is 95.2 Å². The van der Waals surface area contributed by atoms with E-state index in [1.807, 2.05) is 0 Å². The fourth-order valence-corrected chi connectivity index (χ4v) is 19.4. The molecule has 0 aromatic rings. The largest absolute Gasteiger partial charge is 0.477 e.